The van der Waals surface area contributed by atoms with Crippen LogP contribution in [0.3, 0.4) is 0 Å². The predicted octanol–water partition coefficient (Wildman–Crippen LogP) is 4.12. The maximum atomic E-state index is 13.4. The molecule has 3 aromatic carbocycles. The van der Waals surface area contributed by atoms with E-state index in [4.69, 9.17) is 0 Å². The molecular weight excluding hydrogens is 402 g/mol. The van der Waals surface area contributed by atoms with Gasteiger partial charge in [0.15, 0.2) is 0 Å². The van der Waals surface area contributed by atoms with Gasteiger partial charge in [0.1, 0.15) is 12.1 Å². The highest BCUT2D eigenvalue weighted by Crippen LogP contribution is 2.33. The van der Waals surface area contributed by atoms with E-state index >= 15 is 0 Å². The lowest BCUT2D eigenvalue weighted by Gasteiger charge is -2.25. The second-order valence-electron chi connectivity index (χ2n) is 8.67. The van der Waals surface area contributed by atoms with Crippen molar-refractivity contribution in [3.05, 3.63) is 83.9 Å². The lowest BCUT2D eigenvalue weighted by Crippen LogP contribution is -2.44. The summed E-state index contributed by atoms with van der Waals surface area (Å²) in [7, 11) is 0. The van der Waals surface area contributed by atoms with Gasteiger partial charge in [0.2, 0.25) is 5.91 Å². The van der Waals surface area contributed by atoms with Crippen LogP contribution in [0.4, 0.5) is 4.79 Å². The number of carbonyl (C=O) groups excluding carboxylic acids is 3. The van der Waals surface area contributed by atoms with Crippen molar-refractivity contribution < 1.29 is 14.4 Å². The smallest absolute Gasteiger partial charge is 0.325 e. The minimum Gasteiger partial charge on any atom is -0.347 e. The number of benzene rings is 3. The Morgan fingerprint density at radius 2 is 1.62 bits per heavy atom. The molecule has 1 aliphatic heterocycles. The number of amides is 4. The van der Waals surface area contributed by atoms with Crippen molar-refractivity contribution in [1.82, 2.24) is 15.5 Å². The fraction of sp³-hybridized carbons (Fsp3) is 0.269. The van der Waals surface area contributed by atoms with E-state index < -0.39 is 17.5 Å². The number of urea groups is 1. The molecular formula is C26H27N3O3. The first-order valence-electron chi connectivity index (χ1n) is 10.8. The summed E-state index contributed by atoms with van der Waals surface area (Å²) in [4.78, 5) is 40.0. The maximum absolute atomic E-state index is 13.4. The molecule has 0 aliphatic carbocycles. The predicted molar refractivity (Wildman–Crippen MR) is 124 cm³/mol. The second kappa shape index (κ2) is 8.46. The molecule has 1 heterocycles. The zero-order chi connectivity index (χ0) is 22.9. The van der Waals surface area contributed by atoms with Gasteiger partial charge in [0, 0.05) is 0 Å². The Labute approximate surface area is 187 Å². The summed E-state index contributed by atoms with van der Waals surface area (Å²) in [6.45, 7) is 5.39. The number of fused-ring (bicyclic) bond motifs is 1. The second-order valence-corrected chi connectivity index (χ2v) is 8.67. The number of imide groups is 1. The van der Waals surface area contributed by atoms with E-state index in [0.717, 1.165) is 21.2 Å². The highest BCUT2D eigenvalue weighted by Gasteiger charge is 2.50. The minimum atomic E-state index is -1.24. The molecule has 1 saturated heterocycles. The summed E-state index contributed by atoms with van der Waals surface area (Å²) >= 11 is 0. The Hall–Kier alpha value is -3.67. The Bertz CT molecular complexity index is 1170. The van der Waals surface area contributed by atoms with E-state index in [2.05, 4.69) is 10.6 Å². The molecule has 0 bridgehead atoms. The van der Waals surface area contributed by atoms with Crippen LogP contribution in [0, 0.1) is 5.92 Å². The Morgan fingerprint density at radius 1 is 0.969 bits per heavy atom. The summed E-state index contributed by atoms with van der Waals surface area (Å²) in [5.74, 6) is -0.668. The van der Waals surface area contributed by atoms with Crippen molar-refractivity contribution >= 4 is 28.6 Å². The zero-order valence-corrected chi connectivity index (χ0v) is 18.5. The number of carbonyl (C=O) groups is 3. The average Bonchev–Trinajstić information content (AvgIpc) is 3.01. The van der Waals surface area contributed by atoms with Gasteiger partial charge in [-0.25, -0.2) is 4.79 Å². The monoisotopic (exact) mass is 429 g/mol. The Balaban J connectivity index is 1.56. The normalized spacial score (nSPS) is 19.3. The van der Waals surface area contributed by atoms with Gasteiger partial charge in [-0.1, -0.05) is 86.6 Å². The quantitative estimate of drug-likeness (QED) is 0.579. The van der Waals surface area contributed by atoms with Crippen LogP contribution in [0.1, 0.15) is 37.9 Å². The zero-order valence-electron chi connectivity index (χ0n) is 18.5. The first kappa shape index (κ1) is 21.6. The van der Waals surface area contributed by atoms with Crippen molar-refractivity contribution in [3.63, 3.8) is 0 Å². The molecule has 0 aromatic heterocycles. The average molecular weight is 430 g/mol. The third-order valence-corrected chi connectivity index (χ3v) is 6.05. The van der Waals surface area contributed by atoms with Crippen LogP contribution < -0.4 is 10.6 Å². The largest absolute Gasteiger partial charge is 0.347 e. The number of hydrogen-bond acceptors (Lipinski definition) is 3. The van der Waals surface area contributed by atoms with E-state index in [0.29, 0.717) is 5.56 Å². The molecule has 32 heavy (non-hydrogen) atoms. The lowest BCUT2D eigenvalue weighted by atomic mass is 9.88. The van der Waals surface area contributed by atoms with Crippen molar-refractivity contribution in [1.29, 1.82) is 0 Å². The first-order chi connectivity index (χ1) is 15.3. The summed E-state index contributed by atoms with van der Waals surface area (Å²) in [5, 5.41) is 7.66. The van der Waals surface area contributed by atoms with Crippen molar-refractivity contribution in [2.75, 3.05) is 6.54 Å². The van der Waals surface area contributed by atoms with E-state index in [1.807, 2.05) is 86.6 Å². The molecule has 2 atom stereocenters. The van der Waals surface area contributed by atoms with Gasteiger partial charge in [-0.15, -0.1) is 0 Å². The Kier molecular flexibility index (Phi) is 5.70. The van der Waals surface area contributed by atoms with Gasteiger partial charge >= 0.3 is 6.03 Å². The molecule has 6 heteroatoms. The molecule has 1 aliphatic rings. The summed E-state index contributed by atoms with van der Waals surface area (Å²) < 4.78 is 0. The summed E-state index contributed by atoms with van der Waals surface area (Å²) in [6, 6.07) is 22.3. The van der Waals surface area contributed by atoms with Gasteiger partial charge in [-0.2, -0.15) is 0 Å². The molecule has 1 fully saturated rings. The van der Waals surface area contributed by atoms with E-state index in [1.54, 1.807) is 6.92 Å². The molecule has 0 spiro atoms. The molecule has 164 valence electrons. The summed E-state index contributed by atoms with van der Waals surface area (Å²) in [5.41, 5.74) is 0.449. The van der Waals surface area contributed by atoms with Crippen LogP contribution in [0.2, 0.25) is 0 Å². The molecule has 0 radical (unpaired) electrons. The van der Waals surface area contributed by atoms with Gasteiger partial charge in [0.25, 0.3) is 5.91 Å². The van der Waals surface area contributed by atoms with Crippen molar-refractivity contribution in [2.24, 2.45) is 5.92 Å². The van der Waals surface area contributed by atoms with Crippen molar-refractivity contribution in [3.8, 4) is 0 Å². The van der Waals surface area contributed by atoms with Gasteiger partial charge < -0.3 is 10.6 Å². The lowest BCUT2D eigenvalue weighted by molar-refractivity contribution is -0.135. The summed E-state index contributed by atoms with van der Waals surface area (Å²) in [6.07, 6.45) is 0. The van der Waals surface area contributed by atoms with E-state index in [-0.39, 0.29) is 24.4 Å². The SMILES string of the molecule is CC(C)C(NC(=O)CN1C(=O)NC(C)(c2cccc3ccccc23)C1=O)c1ccccc1. The Morgan fingerprint density at radius 3 is 2.34 bits per heavy atom. The van der Waals surface area contributed by atoms with Crippen LogP contribution >= 0.6 is 0 Å². The molecule has 2 N–H and O–H groups in total. The number of hydrogen-bond donors (Lipinski definition) is 2. The van der Waals surface area contributed by atoms with E-state index in [9.17, 15) is 14.4 Å². The number of rotatable bonds is 6. The number of nitrogens with zero attached hydrogens (tertiary/aromatic N) is 1. The molecule has 4 amide bonds. The van der Waals surface area contributed by atoms with E-state index in [1.165, 1.54) is 0 Å². The third-order valence-electron chi connectivity index (χ3n) is 6.05. The maximum Gasteiger partial charge on any atom is 0.325 e. The topological polar surface area (TPSA) is 78.5 Å². The standard InChI is InChI=1S/C26H27N3O3/c1-17(2)23(19-11-5-4-6-12-19)27-22(30)16-29-24(31)26(3,28-25(29)32)21-15-9-13-18-10-7-8-14-20(18)21/h4-15,17,23H,16H2,1-3H3,(H,27,30)(H,28,32). The highest BCUT2D eigenvalue weighted by molar-refractivity contribution is 6.10. The fourth-order valence-electron chi connectivity index (χ4n) is 4.34. The molecule has 6 nitrogen and oxygen atoms in total. The molecule has 3 aromatic rings. The first-order valence-corrected chi connectivity index (χ1v) is 10.8. The van der Waals surface area contributed by atoms with Crippen LogP contribution in [0.25, 0.3) is 10.8 Å². The van der Waals surface area contributed by atoms with Crippen molar-refractivity contribution in [2.45, 2.75) is 32.4 Å². The fourth-order valence-corrected chi connectivity index (χ4v) is 4.34. The van der Waals surface area contributed by atoms with Crippen LogP contribution in [-0.2, 0) is 15.1 Å². The highest BCUT2D eigenvalue weighted by atomic mass is 16.2. The minimum absolute atomic E-state index is 0.144. The molecule has 2 unspecified atom stereocenters. The van der Waals surface area contributed by atoms with Crippen LogP contribution in [0.15, 0.2) is 72.8 Å². The van der Waals surface area contributed by atoms with Gasteiger partial charge in [-0.3, -0.25) is 14.5 Å². The van der Waals surface area contributed by atoms with Crippen LogP contribution in [0.5, 0.6) is 0 Å². The number of nitrogens with one attached hydrogen (secondary N) is 2. The molecule has 4 rings (SSSR count). The van der Waals surface area contributed by atoms with Gasteiger partial charge in [0.05, 0.1) is 6.04 Å². The molecule has 0 saturated carbocycles. The third kappa shape index (κ3) is 3.84. The van der Waals surface area contributed by atoms with Gasteiger partial charge in [-0.05, 0) is 34.7 Å². The van der Waals surface area contributed by atoms with Crippen LogP contribution in [-0.4, -0.2) is 29.3 Å².